The van der Waals surface area contributed by atoms with Crippen LogP contribution < -0.4 is 0 Å². The Bertz CT molecular complexity index is 182. The first-order valence-electron chi connectivity index (χ1n) is 4.04. The van der Waals surface area contributed by atoms with Gasteiger partial charge in [-0.1, -0.05) is 6.08 Å². The summed E-state index contributed by atoms with van der Waals surface area (Å²) in [4.78, 5) is 10.6. The van der Waals surface area contributed by atoms with E-state index in [1.54, 1.807) is 0 Å². The molecule has 2 nitrogen and oxygen atoms in total. The number of rotatable bonds is 1. The zero-order valence-corrected chi connectivity index (χ0v) is 7.09. The summed E-state index contributed by atoms with van der Waals surface area (Å²) in [5, 5.41) is 0. The molecule has 62 valence electrons. The van der Waals surface area contributed by atoms with Gasteiger partial charge in [-0.25, -0.2) is 0 Å². The van der Waals surface area contributed by atoms with E-state index in [1.165, 1.54) is 12.5 Å². The molecular weight excluding hydrogens is 140 g/mol. The molecule has 0 aromatic heterocycles. The van der Waals surface area contributed by atoms with Crippen molar-refractivity contribution in [3.63, 3.8) is 0 Å². The molecule has 0 saturated heterocycles. The Balaban J connectivity index is 2.50. The summed E-state index contributed by atoms with van der Waals surface area (Å²) in [5.74, 6) is -0.176. The smallest absolute Gasteiger partial charge is 0.303 e. The van der Waals surface area contributed by atoms with E-state index in [0.29, 0.717) is 0 Å². The van der Waals surface area contributed by atoms with E-state index >= 15 is 0 Å². The van der Waals surface area contributed by atoms with Gasteiger partial charge in [0.15, 0.2) is 0 Å². The van der Waals surface area contributed by atoms with Gasteiger partial charge in [0.05, 0.1) is 0 Å². The highest BCUT2D eigenvalue weighted by atomic mass is 16.5. The Kier molecular flexibility index (Phi) is 2.69. The molecule has 1 rings (SSSR count). The normalized spacial score (nSPS) is 24.2. The molecule has 1 atom stereocenters. The molecule has 1 aliphatic carbocycles. The van der Waals surface area contributed by atoms with Crippen molar-refractivity contribution in [2.45, 2.75) is 39.2 Å². The van der Waals surface area contributed by atoms with E-state index in [1.807, 2.05) is 6.92 Å². The molecule has 0 aromatic carbocycles. The standard InChI is InChI=1S/C9H14O2/c1-7-5-3-4-6-9(7)11-8(2)10/h5,9H,3-4,6H2,1-2H3/t9-/m1/s1. The monoisotopic (exact) mass is 154 g/mol. The minimum atomic E-state index is -0.176. The van der Waals surface area contributed by atoms with Crippen molar-refractivity contribution in [1.29, 1.82) is 0 Å². The van der Waals surface area contributed by atoms with Crippen LogP contribution in [0.25, 0.3) is 0 Å². The van der Waals surface area contributed by atoms with Crippen LogP contribution in [0, 0.1) is 0 Å². The Morgan fingerprint density at radius 1 is 1.73 bits per heavy atom. The van der Waals surface area contributed by atoms with Crippen LogP contribution in [0.1, 0.15) is 33.1 Å². The second-order valence-corrected chi connectivity index (χ2v) is 2.98. The summed E-state index contributed by atoms with van der Waals surface area (Å²) in [7, 11) is 0. The maximum atomic E-state index is 10.6. The molecule has 0 unspecified atom stereocenters. The average Bonchev–Trinajstić information content (AvgIpc) is 1.93. The fourth-order valence-electron chi connectivity index (χ4n) is 1.34. The van der Waals surface area contributed by atoms with Gasteiger partial charge < -0.3 is 4.74 Å². The Morgan fingerprint density at radius 3 is 3.00 bits per heavy atom. The van der Waals surface area contributed by atoms with Crippen molar-refractivity contribution in [1.82, 2.24) is 0 Å². The van der Waals surface area contributed by atoms with Crippen molar-refractivity contribution in [2.24, 2.45) is 0 Å². The number of hydrogen-bond acceptors (Lipinski definition) is 2. The van der Waals surface area contributed by atoms with Crippen LogP contribution >= 0.6 is 0 Å². The van der Waals surface area contributed by atoms with E-state index in [9.17, 15) is 4.79 Å². The highest BCUT2D eigenvalue weighted by Crippen LogP contribution is 2.20. The molecule has 1 aliphatic rings. The van der Waals surface area contributed by atoms with Crippen molar-refractivity contribution < 1.29 is 9.53 Å². The van der Waals surface area contributed by atoms with Gasteiger partial charge in [0.1, 0.15) is 6.10 Å². The summed E-state index contributed by atoms with van der Waals surface area (Å²) in [6.07, 6.45) is 5.46. The van der Waals surface area contributed by atoms with Crippen LogP contribution in [-0.4, -0.2) is 12.1 Å². The number of esters is 1. The second kappa shape index (κ2) is 3.56. The topological polar surface area (TPSA) is 26.3 Å². The van der Waals surface area contributed by atoms with E-state index in [2.05, 4.69) is 6.08 Å². The van der Waals surface area contributed by atoms with Crippen LogP contribution in [0.15, 0.2) is 11.6 Å². The lowest BCUT2D eigenvalue weighted by molar-refractivity contribution is -0.145. The lowest BCUT2D eigenvalue weighted by atomic mass is 9.98. The molecule has 0 saturated carbocycles. The van der Waals surface area contributed by atoms with Crippen LogP contribution in [0.4, 0.5) is 0 Å². The second-order valence-electron chi connectivity index (χ2n) is 2.98. The van der Waals surface area contributed by atoms with Crippen LogP contribution in [0.5, 0.6) is 0 Å². The molecule has 0 radical (unpaired) electrons. The first-order valence-corrected chi connectivity index (χ1v) is 4.04. The van der Waals surface area contributed by atoms with Crippen molar-refractivity contribution in [3.8, 4) is 0 Å². The van der Waals surface area contributed by atoms with Gasteiger partial charge in [-0.2, -0.15) is 0 Å². The third-order valence-electron chi connectivity index (χ3n) is 1.95. The molecular formula is C9H14O2. The molecule has 0 aliphatic heterocycles. The van der Waals surface area contributed by atoms with E-state index in [0.717, 1.165) is 19.3 Å². The van der Waals surface area contributed by atoms with Gasteiger partial charge >= 0.3 is 5.97 Å². The summed E-state index contributed by atoms with van der Waals surface area (Å²) in [5.41, 5.74) is 1.20. The molecule has 11 heavy (non-hydrogen) atoms. The van der Waals surface area contributed by atoms with Crippen molar-refractivity contribution in [3.05, 3.63) is 11.6 Å². The fraction of sp³-hybridized carbons (Fsp3) is 0.667. The minimum Gasteiger partial charge on any atom is -0.458 e. The fourth-order valence-corrected chi connectivity index (χ4v) is 1.34. The van der Waals surface area contributed by atoms with Gasteiger partial charge in [-0.15, -0.1) is 0 Å². The predicted octanol–water partition coefficient (Wildman–Crippen LogP) is 2.05. The minimum absolute atomic E-state index is 0.0567. The zero-order valence-electron chi connectivity index (χ0n) is 7.09. The molecule has 0 amide bonds. The molecule has 0 aromatic rings. The third kappa shape index (κ3) is 2.37. The van der Waals surface area contributed by atoms with Crippen LogP contribution in [0.3, 0.4) is 0 Å². The van der Waals surface area contributed by atoms with Gasteiger partial charge in [0, 0.05) is 6.92 Å². The SMILES string of the molecule is CC(=O)O[C@@H]1CCCC=C1C. The highest BCUT2D eigenvalue weighted by molar-refractivity contribution is 5.66. The first kappa shape index (κ1) is 8.31. The summed E-state index contributed by atoms with van der Waals surface area (Å²) < 4.78 is 5.10. The van der Waals surface area contributed by atoms with E-state index in [4.69, 9.17) is 4.74 Å². The largest absolute Gasteiger partial charge is 0.458 e. The van der Waals surface area contributed by atoms with Gasteiger partial charge in [-0.3, -0.25) is 4.79 Å². The van der Waals surface area contributed by atoms with Crippen molar-refractivity contribution >= 4 is 5.97 Å². The molecule has 2 heteroatoms. The highest BCUT2D eigenvalue weighted by Gasteiger charge is 2.16. The lowest BCUT2D eigenvalue weighted by Gasteiger charge is -2.20. The van der Waals surface area contributed by atoms with Gasteiger partial charge in [0.25, 0.3) is 0 Å². The van der Waals surface area contributed by atoms with Crippen LogP contribution in [-0.2, 0) is 9.53 Å². The molecule has 0 bridgehead atoms. The summed E-state index contributed by atoms with van der Waals surface area (Å²) >= 11 is 0. The third-order valence-corrected chi connectivity index (χ3v) is 1.95. The number of hydrogen-bond donors (Lipinski definition) is 0. The molecule has 0 N–H and O–H groups in total. The average molecular weight is 154 g/mol. The maximum Gasteiger partial charge on any atom is 0.303 e. The van der Waals surface area contributed by atoms with E-state index in [-0.39, 0.29) is 12.1 Å². The number of allylic oxidation sites excluding steroid dienone is 1. The quantitative estimate of drug-likeness (QED) is 0.427. The molecule has 0 fully saturated rings. The number of carbonyl (C=O) groups excluding carboxylic acids is 1. The molecule has 0 spiro atoms. The Labute approximate surface area is 67.2 Å². The lowest BCUT2D eigenvalue weighted by Crippen LogP contribution is -2.19. The van der Waals surface area contributed by atoms with E-state index < -0.39 is 0 Å². The maximum absolute atomic E-state index is 10.6. The molecule has 0 heterocycles. The number of ether oxygens (including phenoxy) is 1. The predicted molar refractivity (Wildman–Crippen MR) is 43.2 cm³/mol. The van der Waals surface area contributed by atoms with Gasteiger partial charge in [0.2, 0.25) is 0 Å². The Hall–Kier alpha value is -0.790. The number of carbonyl (C=O) groups is 1. The van der Waals surface area contributed by atoms with Gasteiger partial charge in [-0.05, 0) is 31.8 Å². The first-order chi connectivity index (χ1) is 5.20. The summed E-state index contributed by atoms with van der Waals surface area (Å²) in [6, 6.07) is 0. The van der Waals surface area contributed by atoms with Crippen molar-refractivity contribution in [2.75, 3.05) is 0 Å². The van der Waals surface area contributed by atoms with Crippen LogP contribution in [0.2, 0.25) is 0 Å². The zero-order chi connectivity index (χ0) is 8.27. The Morgan fingerprint density at radius 2 is 2.45 bits per heavy atom. The summed E-state index contributed by atoms with van der Waals surface area (Å²) in [6.45, 7) is 3.48.